The third kappa shape index (κ3) is 4.44. The number of hydrogen-bond donors (Lipinski definition) is 0. The zero-order valence-corrected chi connectivity index (χ0v) is 30.4. The molecule has 0 aliphatic carbocycles. The highest BCUT2D eigenvalue weighted by Crippen LogP contribution is 2.48. The molecule has 2 heterocycles. The fraction of sp³-hybridized carbons (Fsp3) is 0. The van der Waals surface area contributed by atoms with Crippen molar-refractivity contribution in [1.29, 1.82) is 0 Å². The molecule has 0 radical (unpaired) electrons. The molecule has 2 aromatic heterocycles. The molecule has 0 aliphatic rings. The van der Waals surface area contributed by atoms with Crippen LogP contribution in [0.15, 0.2) is 205 Å². The van der Waals surface area contributed by atoms with Crippen molar-refractivity contribution in [2.24, 2.45) is 0 Å². The first kappa shape index (κ1) is 31.0. The summed E-state index contributed by atoms with van der Waals surface area (Å²) < 4.78 is 9.23. The molecule has 0 N–H and O–H groups in total. The Kier molecular flexibility index (Phi) is 6.66. The average Bonchev–Trinajstić information content (AvgIpc) is 3.82. The van der Waals surface area contributed by atoms with Crippen LogP contribution in [0.2, 0.25) is 0 Å². The highest BCUT2D eigenvalue weighted by atomic mass is 16.3. The first-order chi connectivity index (χ1) is 27.8. The van der Waals surface area contributed by atoms with Crippen molar-refractivity contribution < 1.29 is 4.42 Å². The van der Waals surface area contributed by atoms with Gasteiger partial charge in [-0.2, -0.15) is 0 Å². The minimum Gasteiger partial charge on any atom is -0.454 e. The Morgan fingerprint density at radius 1 is 0.321 bits per heavy atom. The fourth-order valence-corrected chi connectivity index (χ4v) is 9.37. The molecule has 0 atom stereocenters. The van der Waals surface area contributed by atoms with Crippen molar-refractivity contribution in [1.82, 2.24) is 4.57 Å². The Balaban J connectivity index is 1.23. The van der Waals surface area contributed by atoms with E-state index in [0.717, 1.165) is 38.7 Å². The number of rotatable bonds is 4. The first-order valence-corrected chi connectivity index (χ1v) is 19.3. The summed E-state index contributed by atoms with van der Waals surface area (Å²) >= 11 is 0. The van der Waals surface area contributed by atoms with Gasteiger partial charge < -0.3 is 8.98 Å². The van der Waals surface area contributed by atoms with E-state index in [1.165, 1.54) is 76.5 Å². The third-order valence-corrected chi connectivity index (χ3v) is 11.8. The van der Waals surface area contributed by atoms with Crippen LogP contribution in [-0.2, 0) is 0 Å². The Bertz CT molecular complexity index is 3460. The van der Waals surface area contributed by atoms with Gasteiger partial charge in [-0.15, -0.1) is 0 Å². The SMILES string of the molecule is c1ccc(-c2ccc3c(-c4c5ccccc5c(-c5ccccc5)c5ccccc45)ccc(-n4c5ccccc5c5ccc6c7ccccc7oc6c54)c3c2)cc1. The van der Waals surface area contributed by atoms with Gasteiger partial charge in [-0.05, 0) is 90.6 Å². The highest BCUT2D eigenvalue weighted by Gasteiger charge is 2.23. The molecule has 0 amide bonds. The van der Waals surface area contributed by atoms with Crippen molar-refractivity contribution in [3.05, 3.63) is 200 Å². The maximum Gasteiger partial charge on any atom is 0.160 e. The number of fused-ring (bicyclic) bond motifs is 10. The Morgan fingerprint density at radius 3 is 1.59 bits per heavy atom. The Labute approximate surface area is 323 Å². The Hall–Kier alpha value is -7.42. The number of nitrogens with zero attached hydrogens (tertiary/aromatic N) is 1. The molecule has 12 rings (SSSR count). The molecule has 0 saturated heterocycles. The van der Waals surface area contributed by atoms with E-state index in [1.807, 2.05) is 0 Å². The summed E-state index contributed by atoms with van der Waals surface area (Å²) in [5.41, 5.74) is 12.5. The number of furan rings is 1. The quantitative estimate of drug-likeness (QED) is 0.166. The monoisotopic (exact) mass is 711 g/mol. The lowest BCUT2D eigenvalue weighted by Gasteiger charge is -2.20. The molecule has 2 heteroatoms. The normalized spacial score (nSPS) is 11.9. The van der Waals surface area contributed by atoms with E-state index in [0.29, 0.717) is 0 Å². The predicted molar refractivity (Wildman–Crippen MR) is 237 cm³/mol. The van der Waals surface area contributed by atoms with Crippen molar-refractivity contribution in [2.75, 3.05) is 0 Å². The Morgan fingerprint density at radius 2 is 0.875 bits per heavy atom. The maximum atomic E-state index is 6.78. The lowest BCUT2D eigenvalue weighted by atomic mass is 9.84. The molecule has 0 unspecified atom stereocenters. The summed E-state index contributed by atoms with van der Waals surface area (Å²) in [6.07, 6.45) is 0. The van der Waals surface area contributed by atoms with Crippen molar-refractivity contribution in [3.8, 4) is 39.1 Å². The zero-order valence-electron chi connectivity index (χ0n) is 30.4. The van der Waals surface area contributed by atoms with Crippen molar-refractivity contribution in [2.45, 2.75) is 0 Å². The van der Waals surface area contributed by atoms with Gasteiger partial charge in [0.15, 0.2) is 5.58 Å². The topological polar surface area (TPSA) is 18.1 Å². The van der Waals surface area contributed by atoms with Gasteiger partial charge in [0.1, 0.15) is 5.58 Å². The number of benzene rings is 10. The molecule has 0 saturated carbocycles. The minimum absolute atomic E-state index is 0.899. The second kappa shape index (κ2) is 12.0. The molecule has 0 bridgehead atoms. The van der Waals surface area contributed by atoms with Gasteiger partial charge in [-0.1, -0.05) is 170 Å². The first-order valence-electron chi connectivity index (χ1n) is 19.3. The van der Waals surface area contributed by atoms with Crippen LogP contribution in [0, 0.1) is 0 Å². The lowest BCUT2D eigenvalue weighted by Crippen LogP contribution is -1.98. The van der Waals surface area contributed by atoms with E-state index in [2.05, 4.69) is 205 Å². The molecule has 0 aliphatic heterocycles. The predicted octanol–water partition coefficient (Wildman–Crippen LogP) is 15.1. The molecule has 0 fully saturated rings. The molecule has 56 heavy (non-hydrogen) atoms. The van der Waals surface area contributed by atoms with Gasteiger partial charge in [0.05, 0.1) is 16.7 Å². The molecule has 10 aromatic carbocycles. The van der Waals surface area contributed by atoms with E-state index in [4.69, 9.17) is 4.42 Å². The second-order valence-corrected chi connectivity index (χ2v) is 14.8. The maximum absolute atomic E-state index is 6.78. The van der Waals surface area contributed by atoms with Crippen LogP contribution in [0.5, 0.6) is 0 Å². The largest absolute Gasteiger partial charge is 0.454 e. The minimum atomic E-state index is 0.899. The fourth-order valence-electron chi connectivity index (χ4n) is 9.37. The van der Waals surface area contributed by atoms with E-state index in [9.17, 15) is 0 Å². The van der Waals surface area contributed by atoms with Gasteiger partial charge in [0.25, 0.3) is 0 Å². The van der Waals surface area contributed by atoms with Crippen LogP contribution in [0.1, 0.15) is 0 Å². The van der Waals surface area contributed by atoms with Gasteiger partial charge in [-0.25, -0.2) is 0 Å². The van der Waals surface area contributed by atoms with Crippen molar-refractivity contribution in [3.63, 3.8) is 0 Å². The third-order valence-electron chi connectivity index (χ3n) is 11.8. The van der Waals surface area contributed by atoms with Gasteiger partial charge in [0, 0.05) is 26.9 Å². The van der Waals surface area contributed by atoms with E-state index in [-0.39, 0.29) is 0 Å². The summed E-state index contributed by atoms with van der Waals surface area (Å²) in [7, 11) is 0. The van der Waals surface area contributed by atoms with Gasteiger partial charge in [0.2, 0.25) is 0 Å². The molecule has 12 aromatic rings. The molecular formula is C54H33NO. The van der Waals surface area contributed by atoms with E-state index >= 15 is 0 Å². The zero-order chi connectivity index (χ0) is 36.7. The number of para-hydroxylation sites is 2. The molecule has 2 nitrogen and oxygen atoms in total. The summed E-state index contributed by atoms with van der Waals surface area (Å²) in [4.78, 5) is 0. The van der Waals surface area contributed by atoms with Crippen LogP contribution < -0.4 is 0 Å². The number of hydrogen-bond acceptors (Lipinski definition) is 1. The molecule has 260 valence electrons. The lowest BCUT2D eigenvalue weighted by molar-refractivity contribution is 0.671. The van der Waals surface area contributed by atoms with Gasteiger partial charge in [-0.3, -0.25) is 0 Å². The summed E-state index contributed by atoms with van der Waals surface area (Å²) in [6, 6.07) is 72.8. The van der Waals surface area contributed by atoms with Crippen LogP contribution in [0.4, 0.5) is 0 Å². The summed E-state index contributed by atoms with van der Waals surface area (Å²) in [5, 5.41) is 12.0. The summed E-state index contributed by atoms with van der Waals surface area (Å²) in [5.74, 6) is 0. The van der Waals surface area contributed by atoms with Crippen molar-refractivity contribution >= 4 is 76.1 Å². The second-order valence-electron chi connectivity index (χ2n) is 14.8. The summed E-state index contributed by atoms with van der Waals surface area (Å²) in [6.45, 7) is 0. The number of aromatic nitrogens is 1. The van der Waals surface area contributed by atoms with Crippen LogP contribution in [0.3, 0.4) is 0 Å². The van der Waals surface area contributed by atoms with Crippen LogP contribution >= 0.6 is 0 Å². The average molecular weight is 712 g/mol. The van der Waals surface area contributed by atoms with Crippen LogP contribution in [0.25, 0.3) is 115 Å². The standard InChI is InChI=1S/C54H33NO/c1-3-15-34(16-4-1)36-27-28-37-44(52-42-23-9-7-21-40(42)51(35-17-5-2-6-18-35)41-22-8-10-24-43(41)52)31-32-49(47(37)33-36)55-48-25-13-11-19-38(48)45-29-30-46-39-20-12-14-26-50(39)56-54(46)53(45)55/h1-33H. The van der Waals surface area contributed by atoms with Gasteiger partial charge >= 0.3 is 0 Å². The highest BCUT2D eigenvalue weighted by molar-refractivity contribution is 6.25. The van der Waals surface area contributed by atoms with E-state index in [1.54, 1.807) is 0 Å². The van der Waals surface area contributed by atoms with Crippen LogP contribution in [-0.4, -0.2) is 4.57 Å². The van der Waals surface area contributed by atoms with E-state index < -0.39 is 0 Å². The molecular weight excluding hydrogens is 679 g/mol. The smallest absolute Gasteiger partial charge is 0.160 e. The molecule has 0 spiro atoms.